The maximum atomic E-state index is 11.2. The van der Waals surface area contributed by atoms with Gasteiger partial charge in [0.05, 0.1) is 12.0 Å². The van der Waals surface area contributed by atoms with E-state index in [-0.39, 0.29) is 12.0 Å². The number of hydrogen-bond donors (Lipinski definition) is 2. The summed E-state index contributed by atoms with van der Waals surface area (Å²) >= 11 is 0. The van der Waals surface area contributed by atoms with E-state index < -0.39 is 5.97 Å². The van der Waals surface area contributed by atoms with Gasteiger partial charge in [0.2, 0.25) is 0 Å². The molecule has 5 nitrogen and oxygen atoms in total. The number of nitrogens with two attached hydrogens (primary N) is 1. The van der Waals surface area contributed by atoms with Crippen molar-refractivity contribution < 1.29 is 9.90 Å². The highest BCUT2D eigenvalue weighted by molar-refractivity contribution is 5.70. The molecule has 1 aromatic carbocycles. The molecule has 3 unspecified atom stereocenters. The number of aliphatic carboxylic acids is 1. The zero-order valence-electron chi connectivity index (χ0n) is 14.0. The Balaban J connectivity index is 1.88. The zero-order valence-corrected chi connectivity index (χ0v) is 14.0. The summed E-state index contributed by atoms with van der Waals surface area (Å²) in [6, 6.07) is 9.52. The Labute approximate surface area is 138 Å². The fraction of sp³-hybridized carbons (Fsp3) is 0.611. The number of hydrogen-bond acceptors (Lipinski definition) is 4. The molecule has 2 aliphatic heterocycles. The van der Waals surface area contributed by atoms with E-state index in [0.29, 0.717) is 18.6 Å². The predicted octanol–water partition coefficient (Wildman–Crippen LogP) is 1.86. The van der Waals surface area contributed by atoms with E-state index in [2.05, 4.69) is 48.0 Å². The highest BCUT2D eigenvalue weighted by Crippen LogP contribution is 2.41. The molecule has 0 amide bonds. The molecular weight excluding hydrogens is 290 g/mol. The van der Waals surface area contributed by atoms with Crippen LogP contribution in [0.25, 0.3) is 0 Å². The molecule has 0 bridgehead atoms. The minimum Gasteiger partial charge on any atom is -0.481 e. The van der Waals surface area contributed by atoms with Gasteiger partial charge in [-0.15, -0.1) is 0 Å². The second kappa shape index (κ2) is 6.59. The summed E-state index contributed by atoms with van der Waals surface area (Å²) in [5, 5.41) is 9.21. The lowest BCUT2D eigenvalue weighted by molar-refractivity contribution is -0.143. The Bertz CT molecular complexity index is 569. The fourth-order valence-corrected chi connectivity index (χ4v) is 4.29. The first-order chi connectivity index (χ1) is 11.0. The average Bonchev–Trinajstić information content (AvgIpc) is 2.56. The van der Waals surface area contributed by atoms with Crippen molar-refractivity contribution in [3.05, 3.63) is 35.4 Å². The number of fused-ring (bicyclic) bond motifs is 1. The molecule has 1 saturated heterocycles. The number of carboxylic acids is 1. The number of rotatable bonds is 3. The highest BCUT2D eigenvalue weighted by Gasteiger charge is 2.40. The molecule has 2 aliphatic rings. The first-order valence-corrected chi connectivity index (χ1v) is 8.52. The summed E-state index contributed by atoms with van der Waals surface area (Å²) in [4.78, 5) is 16.0. The van der Waals surface area contributed by atoms with Crippen molar-refractivity contribution in [1.29, 1.82) is 0 Å². The van der Waals surface area contributed by atoms with E-state index in [4.69, 9.17) is 5.73 Å². The van der Waals surface area contributed by atoms with E-state index in [9.17, 15) is 9.90 Å². The molecule has 2 heterocycles. The normalized spacial score (nSPS) is 30.1. The molecular formula is C18H27N3O2. The van der Waals surface area contributed by atoms with Crippen LogP contribution in [0.4, 0.5) is 0 Å². The number of piperidine rings is 1. The zero-order chi connectivity index (χ0) is 16.6. The molecule has 0 spiro atoms. The molecule has 3 rings (SSSR count). The van der Waals surface area contributed by atoms with Crippen LogP contribution in [0.2, 0.25) is 0 Å². The van der Waals surface area contributed by atoms with Crippen LogP contribution in [0, 0.1) is 5.92 Å². The lowest BCUT2D eigenvalue weighted by Gasteiger charge is -2.49. The predicted molar refractivity (Wildman–Crippen MR) is 90.1 cm³/mol. The topological polar surface area (TPSA) is 69.8 Å². The van der Waals surface area contributed by atoms with Crippen LogP contribution in [0.1, 0.15) is 43.0 Å². The number of benzene rings is 1. The molecule has 1 fully saturated rings. The van der Waals surface area contributed by atoms with Crippen LogP contribution in [0.3, 0.4) is 0 Å². The number of carboxylic acid groups (broad SMARTS) is 1. The standard InChI is InChI=1S/C18H27N3O2/c1-12-17(21-9-7-13(8-10-21)18(22)23)15-6-4-3-5-14(15)16(11-19)20(12)2/h3-6,12-13,16-17H,7-11,19H2,1-2H3,(H,22,23). The Hall–Kier alpha value is -1.43. The van der Waals surface area contributed by atoms with Crippen molar-refractivity contribution in [2.75, 3.05) is 26.7 Å². The first kappa shape index (κ1) is 16.4. The van der Waals surface area contributed by atoms with Gasteiger partial charge in [-0.05, 0) is 51.0 Å². The van der Waals surface area contributed by atoms with Crippen molar-refractivity contribution in [2.24, 2.45) is 11.7 Å². The van der Waals surface area contributed by atoms with E-state index in [1.165, 1.54) is 11.1 Å². The number of nitrogens with zero attached hydrogens (tertiary/aromatic N) is 2. The second-order valence-electron chi connectivity index (χ2n) is 6.88. The van der Waals surface area contributed by atoms with Gasteiger partial charge in [0.25, 0.3) is 0 Å². The molecule has 0 aromatic heterocycles. The molecule has 0 saturated carbocycles. The van der Waals surface area contributed by atoms with Gasteiger partial charge in [0.1, 0.15) is 0 Å². The summed E-state index contributed by atoms with van der Waals surface area (Å²) in [7, 11) is 2.15. The third-order valence-corrected chi connectivity index (χ3v) is 5.76. The van der Waals surface area contributed by atoms with Gasteiger partial charge in [0.15, 0.2) is 0 Å². The minimum absolute atomic E-state index is 0.185. The van der Waals surface area contributed by atoms with Crippen molar-refractivity contribution in [1.82, 2.24) is 9.80 Å². The SMILES string of the molecule is CC1C(N2CCC(C(=O)O)CC2)c2ccccc2C(CN)N1C. The number of carbonyl (C=O) groups is 1. The lowest BCUT2D eigenvalue weighted by atomic mass is 9.83. The first-order valence-electron chi connectivity index (χ1n) is 8.52. The van der Waals surface area contributed by atoms with Crippen LogP contribution in [-0.4, -0.2) is 53.6 Å². The summed E-state index contributed by atoms with van der Waals surface area (Å²) in [5.41, 5.74) is 8.71. The van der Waals surface area contributed by atoms with E-state index in [1.807, 2.05) is 0 Å². The summed E-state index contributed by atoms with van der Waals surface area (Å²) in [5.74, 6) is -0.836. The Morgan fingerprint density at radius 3 is 2.43 bits per heavy atom. The Morgan fingerprint density at radius 2 is 1.87 bits per heavy atom. The largest absolute Gasteiger partial charge is 0.481 e. The van der Waals surface area contributed by atoms with Crippen LogP contribution in [0.15, 0.2) is 24.3 Å². The maximum absolute atomic E-state index is 11.2. The van der Waals surface area contributed by atoms with Gasteiger partial charge in [-0.2, -0.15) is 0 Å². The molecule has 23 heavy (non-hydrogen) atoms. The Morgan fingerprint density at radius 1 is 1.26 bits per heavy atom. The molecule has 126 valence electrons. The average molecular weight is 317 g/mol. The third-order valence-electron chi connectivity index (χ3n) is 5.76. The van der Waals surface area contributed by atoms with Gasteiger partial charge >= 0.3 is 5.97 Å². The smallest absolute Gasteiger partial charge is 0.306 e. The van der Waals surface area contributed by atoms with Crippen molar-refractivity contribution in [2.45, 2.75) is 37.9 Å². The van der Waals surface area contributed by atoms with Crippen molar-refractivity contribution >= 4 is 5.97 Å². The maximum Gasteiger partial charge on any atom is 0.306 e. The molecule has 3 atom stereocenters. The second-order valence-corrected chi connectivity index (χ2v) is 6.88. The van der Waals surface area contributed by atoms with E-state index >= 15 is 0 Å². The van der Waals surface area contributed by atoms with Crippen molar-refractivity contribution in [3.8, 4) is 0 Å². The fourth-order valence-electron chi connectivity index (χ4n) is 4.29. The van der Waals surface area contributed by atoms with Crippen LogP contribution >= 0.6 is 0 Å². The van der Waals surface area contributed by atoms with E-state index in [0.717, 1.165) is 25.9 Å². The van der Waals surface area contributed by atoms with Gasteiger partial charge in [-0.3, -0.25) is 14.6 Å². The molecule has 0 radical (unpaired) electrons. The number of likely N-dealkylation sites (N-methyl/N-ethyl adjacent to an activating group) is 1. The van der Waals surface area contributed by atoms with Gasteiger partial charge < -0.3 is 10.8 Å². The number of likely N-dealkylation sites (tertiary alicyclic amines) is 1. The summed E-state index contributed by atoms with van der Waals surface area (Å²) < 4.78 is 0. The van der Waals surface area contributed by atoms with Gasteiger partial charge in [-0.1, -0.05) is 24.3 Å². The van der Waals surface area contributed by atoms with Crippen LogP contribution in [0.5, 0.6) is 0 Å². The summed E-state index contributed by atoms with van der Waals surface area (Å²) in [6.07, 6.45) is 1.48. The summed E-state index contributed by atoms with van der Waals surface area (Å²) in [6.45, 7) is 4.57. The van der Waals surface area contributed by atoms with Crippen LogP contribution in [-0.2, 0) is 4.79 Å². The highest BCUT2D eigenvalue weighted by atomic mass is 16.4. The monoisotopic (exact) mass is 317 g/mol. The molecule has 3 N–H and O–H groups in total. The molecule has 5 heteroatoms. The van der Waals surface area contributed by atoms with Gasteiger partial charge in [0, 0.05) is 18.6 Å². The lowest BCUT2D eigenvalue weighted by Crippen LogP contribution is -2.52. The van der Waals surface area contributed by atoms with Gasteiger partial charge in [-0.25, -0.2) is 0 Å². The van der Waals surface area contributed by atoms with Crippen molar-refractivity contribution in [3.63, 3.8) is 0 Å². The quantitative estimate of drug-likeness (QED) is 0.890. The minimum atomic E-state index is -0.651. The molecule has 1 aromatic rings. The van der Waals surface area contributed by atoms with Crippen LogP contribution < -0.4 is 5.73 Å². The molecule has 0 aliphatic carbocycles. The van der Waals surface area contributed by atoms with E-state index in [1.54, 1.807) is 0 Å². The third kappa shape index (κ3) is 2.89. The Kier molecular flexibility index (Phi) is 4.71.